The van der Waals surface area contributed by atoms with Crippen molar-refractivity contribution >= 4 is 16.9 Å². The van der Waals surface area contributed by atoms with Crippen molar-refractivity contribution in [2.45, 2.75) is 38.0 Å². The highest BCUT2D eigenvalue weighted by Gasteiger charge is 2.53. The highest BCUT2D eigenvalue weighted by Crippen LogP contribution is 2.51. The van der Waals surface area contributed by atoms with E-state index in [-0.39, 0.29) is 0 Å². The average molecular weight is 257 g/mol. The summed E-state index contributed by atoms with van der Waals surface area (Å²) in [6.45, 7) is 4.32. The lowest BCUT2D eigenvalue weighted by molar-refractivity contribution is -0.140. The molecule has 0 radical (unpaired) electrons. The second kappa shape index (κ2) is 3.86. The molecule has 0 aliphatic heterocycles. The van der Waals surface area contributed by atoms with Crippen molar-refractivity contribution in [1.82, 2.24) is 4.57 Å². The molecular formula is C16H19NO2. The number of carboxylic acid groups (broad SMARTS) is 1. The number of nitrogens with zero attached hydrogens (tertiary/aromatic N) is 1. The van der Waals surface area contributed by atoms with E-state index < -0.39 is 11.4 Å². The summed E-state index contributed by atoms with van der Waals surface area (Å²) < 4.78 is 2.04. The van der Waals surface area contributed by atoms with Gasteiger partial charge in [-0.1, -0.05) is 19.9 Å². The molecule has 1 N–H and O–H groups in total. The minimum absolute atomic E-state index is 0.456. The van der Waals surface area contributed by atoms with Gasteiger partial charge in [-0.2, -0.15) is 0 Å². The van der Waals surface area contributed by atoms with E-state index in [9.17, 15) is 9.90 Å². The predicted molar refractivity (Wildman–Crippen MR) is 75.6 cm³/mol. The van der Waals surface area contributed by atoms with E-state index >= 15 is 0 Å². The molecule has 0 unspecified atom stereocenters. The van der Waals surface area contributed by atoms with E-state index in [4.69, 9.17) is 0 Å². The van der Waals surface area contributed by atoms with Gasteiger partial charge in [-0.25, -0.2) is 0 Å². The normalized spacial score (nSPS) is 17.1. The first kappa shape index (κ1) is 12.3. The molecule has 0 spiro atoms. The molecule has 1 aliphatic carbocycles. The van der Waals surface area contributed by atoms with Crippen molar-refractivity contribution in [3.8, 4) is 0 Å². The second-order valence-corrected chi connectivity index (χ2v) is 5.97. The Balaban J connectivity index is 2.25. The maximum absolute atomic E-state index is 11.5. The Morgan fingerprint density at radius 3 is 2.58 bits per heavy atom. The van der Waals surface area contributed by atoms with Crippen LogP contribution < -0.4 is 0 Å². The number of aliphatic carboxylic acids is 1. The fraction of sp³-hybridized carbons (Fsp3) is 0.438. The van der Waals surface area contributed by atoms with Gasteiger partial charge in [0.25, 0.3) is 0 Å². The van der Waals surface area contributed by atoms with Gasteiger partial charge in [-0.15, -0.1) is 0 Å². The number of aromatic nitrogens is 1. The summed E-state index contributed by atoms with van der Waals surface area (Å²) in [5.74, 6) is -0.229. The first-order valence-corrected chi connectivity index (χ1v) is 6.78. The van der Waals surface area contributed by atoms with Crippen molar-refractivity contribution in [1.29, 1.82) is 0 Å². The number of fused-ring (bicyclic) bond motifs is 1. The number of benzene rings is 1. The fourth-order valence-corrected chi connectivity index (χ4v) is 2.87. The molecule has 3 nitrogen and oxygen atoms in total. The molecule has 1 aliphatic rings. The summed E-state index contributed by atoms with van der Waals surface area (Å²) in [5, 5.41) is 10.6. The highest BCUT2D eigenvalue weighted by atomic mass is 16.4. The van der Waals surface area contributed by atoms with Crippen molar-refractivity contribution in [2.75, 3.05) is 0 Å². The standard InChI is InChI=1S/C16H19NO2/c1-10(2)11-4-5-14-12(8-11)13(9-17(14)3)16(6-7-16)15(18)19/h4-5,8-10H,6-7H2,1-3H3,(H,18,19). The van der Waals surface area contributed by atoms with Crippen LogP contribution in [0.5, 0.6) is 0 Å². The van der Waals surface area contributed by atoms with E-state index in [0.717, 1.165) is 29.3 Å². The van der Waals surface area contributed by atoms with Crippen molar-refractivity contribution < 1.29 is 9.90 Å². The lowest BCUT2D eigenvalue weighted by Crippen LogP contribution is -2.19. The minimum Gasteiger partial charge on any atom is -0.481 e. The van der Waals surface area contributed by atoms with Crippen molar-refractivity contribution in [2.24, 2.45) is 7.05 Å². The Labute approximate surface area is 112 Å². The lowest BCUT2D eigenvalue weighted by atomic mass is 9.93. The van der Waals surface area contributed by atoms with Crippen LogP contribution in [0.2, 0.25) is 0 Å². The smallest absolute Gasteiger partial charge is 0.314 e. The topological polar surface area (TPSA) is 42.2 Å². The van der Waals surface area contributed by atoms with Gasteiger partial charge in [0.1, 0.15) is 0 Å². The summed E-state index contributed by atoms with van der Waals surface area (Å²) in [5.41, 5.74) is 2.74. The lowest BCUT2D eigenvalue weighted by Gasteiger charge is -2.10. The van der Waals surface area contributed by atoms with Crippen LogP contribution in [-0.2, 0) is 17.3 Å². The van der Waals surface area contributed by atoms with Crippen LogP contribution >= 0.6 is 0 Å². The van der Waals surface area contributed by atoms with Crippen LogP contribution in [0.3, 0.4) is 0 Å². The molecule has 19 heavy (non-hydrogen) atoms. The van der Waals surface area contributed by atoms with Gasteiger partial charge in [-0.3, -0.25) is 4.79 Å². The van der Waals surface area contributed by atoms with Gasteiger partial charge >= 0.3 is 5.97 Å². The maximum atomic E-state index is 11.5. The van der Waals surface area contributed by atoms with Gasteiger partial charge < -0.3 is 9.67 Å². The van der Waals surface area contributed by atoms with Crippen molar-refractivity contribution in [3.63, 3.8) is 0 Å². The Bertz CT molecular complexity index is 663. The van der Waals surface area contributed by atoms with E-state index in [2.05, 4.69) is 32.0 Å². The monoisotopic (exact) mass is 257 g/mol. The number of rotatable bonds is 3. The van der Waals surface area contributed by atoms with Gasteiger partial charge in [0.2, 0.25) is 0 Å². The predicted octanol–water partition coefficient (Wildman–Crippen LogP) is 3.42. The highest BCUT2D eigenvalue weighted by molar-refractivity contribution is 5.94. The summed E-state index contributed by atoms with van der Waals surface area (Å²) in [7, 11) is 1.98. The second-order valence-electron chi connectivity index (χ2n) is 5.97. The molecule has 100 valence electrons. The first-order chi connectivity index (χ1) is 8.95. The Hall–Kier alpha value is -1.77. The number of aryl methyl sites for hydroxylation is 1. The molecule has 1 heterocycles. The van der Waals surface area contributed by atoms with Gasteiger partial charge in [0.15, 0.2) is 0 Å². The molecule has 1 saturated carbocycles. The SMILES string of the molecule is CC(C)c1ccc2c(c1)c(C1(C(=O)O)CC1)cn2C. The van der Waals surface area contributed by atoms with Crippen LogP contribution in [0.25, 0.3) is 10.9 Å². The first-order valence-electron chi connectivity index (χ1n) is 6.78. The summed E-state index contributed by atoms with van der Waals surface area (Å²) in [6.07, 6.45) is 3.51. The third kappa shape index (κ3) is 1.68. The van der Waals surface area contributed by atoms with Crippen LogP contribution in [0.1, 0.15) is 43.7 Å². The van der Waals surface area contributed by atoms with Crippen LogP contribution in [0.15, 0.2) is 24.4 Å². The largest absolute Gasteiger partial charge is 0.481 e. The fourth-order valence-electron chi connectivity index (χ4n) is 2.87. The molecule has 0 amide bonds. The number of hydrogen-bond donors (Lipinski definition) is 1. The molecule has 0 saturated heterocycles. The number of carbonyl (C=O) groups is 1. The average Bonchev–Trinajstić information content (AvgIpc) is 3.10. The molecular weight excluding hydrogens is 238 g/mol. The third-order valence-electron chi connectivity index (χ3n) is 4.36. The van der Waals surface area contributed by atoms with E-state index in [0.29, 0.717) is 5.92 Å². The van der Waals surface area contributed by atoms with Gasteiger partial charge in [0.05, 0.1) is 5.41 Å². The molecule has 1 aromatic heterocycles. The van der Waals surface area contributed by atoms with E-state index in [1.165, 1.54) is 5.56 Å². The molecule has 0 atom stereocenters. The summed E-state index contributed by atoms with van der Waals surface area (Å²) in [4.78, 5) is 11.5. The molecule has 3 rings (SSSR count). The third-order valence-corrected chi connectivity index (χ3v) is 4.36. The van der Waals surface area contributed by atoms with E-state index in [1.54, 1.807) is 0 Å². The Morgan fingerprint density at radius 1 is 1.37 bits per heavy atom. The zero-order valence-electron chi connectivity index (χ0n) is 11.6. The molecule has 1 aromatic carbocycles. The van der Waals surface area contributed by atoms with E-state index in [1.807, 2.05) is 17.8 Å². The quantitative estimate of drug-likeness (QED) is 0.915. The Kier molecular flexibility index (Phi) is 2.49. The molecule has 3 heteroatoms. The molecule has 2 aromatic rings. The van der Waals surface area contributed by atoms with Gasteiger partial charge in [-0.05, 0) is 42.0 Å². The summed E-state index contributed by atoms with van der Waals surface area (Å²) in [6, 6.07) is 6.40. The maximum Gasteiger partial charge on any atom is 0.314 e. The van der Waals surface area contributed by atoms with Gasteiger partial charge in [0, 0.05) is 24.1 Å². The van der Waals surface area contributed by atoms with Crippen LogP contribution in [-0.4, -0.2) is 15.6 Å². The Morgan fingerprint density at radius 2 is 2.05 bits per heavy atom. The van der Waals surface area contributed by atoms with Crippen LogP contribution in [0.4, 0.5) is 0 Å². The zero-order chi connectivity index (χ0) is 13.8. The minimum atomic E-state index is -0.685. The zero-order valence-corrected chi connectivity index (χ0v) is 11.6. The van der Waals surface area contributed by atoms with Crippen LogP contribution in [0, 0.1) is 0 Å². The number of carboxylic acids is 1. The molecule has 1 fully saturated rings. The molecule has 0 bridgehead atoms. The number of hydrogen-bond acceptors (Lipinski definition) is 1. The summed E-state index contributed by atoms with van der Waals surface area (Å²) >= 11 is 0. The van der Waals surface area contributed by atoms with Crippen molar-refractivity contribution in [3.05, 3.63) is 35.5 Å².